The van der Waals surface area contributed by atoms with E-state index in [0.29, 0.717) is 11.9 Å². The van der Waals surface area contributed by atoms with Crippen molar-refractivity contribution in [3.8, 4) is 5.82 Å². The van der Waals surface area contributed by atoms with Gasteiger partial charge in [0.25, 0.3) is 5.56 Å². The fraction of sp³-hybridized carbons (Fsp3) is 0.400. The second kappa shape index (κ2) is 7.34. The van der Waals surface area contributed by atoms with Crippen LogP contribution in [0.4, 0.5) is 5.69 Å². The molecule has 1 fully saturated rings. The first-order valence-corrected chi connectivity index (χ1v) is 9.40. The zero-order chi connectivity index (χ0) is 18.8. The third kappa shape index (κ3) is 3.77. The van der Waals surface area contributed by atoms with Gasteiger partial charge in [-0.25, -0.2) is 9.36 Å². The van der Waals surface area contributed by atoms with Gasteiger partial charge in [0, 0.05) is 35.9 Å². The van der Waals surface area contributed by atoms with Gasteiger partial charge >= 0.3 is 0 Å². The van der Waals surface area contributed by atoms with E-state index in [4.69, 9.17) is 0 Å². The quantitative estimate of drug-likeness (QED) is 0.770. The fourth-order valence-electron chi connectivity index (χ4n) is 3.80. The minimum atomic E-state index is -0.0502. The third-order valence-electron chi connectivity index (χ3n) is 5.13. The summed E-state index contributed by atoms with van der Waals surface area (Å²) in [6, 6.07) is 9.86. The van der Waals surface area contributed by atoms with Gasteiger partial charge in [-0.05, 0) is 63.8 Å². The van der Waals surface area contributed by atoms with E-state index in [1.165, 1.54) is 0 Å². The summed E-state index contributed by atoms with van der Waals surface area (Å²) in [6.45, 7) is 3.95. The number of aromatic nitrogens is 5. The topological polar surface area (TPSA) is 77.6 Å². The summed E-state index contributed by atoms with van der Waals surface area (Å²) in [5, 5.41) is 12.7. The van der Waals surface area contributed by atoms with Crippen LogP contribution in [0.15, 0.2) is 47.5 Å². The molecule has 0 aliphatic heterocycles. The van der Waals surface area contributed by atoms with Crippen LogP contribution in [0.3, 0.4) is 0 Å². The zero-order valence-corrected chi connectivity index (χ0v) is 15.7. The minimum absolute atomic E-state index is 0.0502. The fourth-order valence-corrected chi connectivity index (χ4v) is 3.80. The molecule has 1 saturated carbocycles. The van der Waals surface area contributed by atoms with E-state index in [-0.39, 0.29) is 11.6 Å². The molecule has 3 heterocycles. The molecule has 0 radical (unpaired) electrons. The molecule has 0 bridgehead atoms. The van der Waals surface area contributed by atoms with Gasteiger partial charge < -0.3 is 5.32 Å². The van der Waals surface area contributed by atoms with Crippen molar-refractivity contribution in [1.29, 1.82) is 0 Å². The molecule has 1 aliphatic rings. The summed E-state index contributed by atoms with van der Waals surface area (Å²) in [7, 11) is 0. The number of hydrogen-bond donors (Lipinski definition) is 1. The highest BCUT2D eigenvalue weighted by Crippen LogP contribution is 2.29. The molecule has 1 aliphatic carbocycles. The van der Waals surface area contributed by atoms with E-state index in [1.807, 2.05) is 32.0 Å². The Morgan fingerprint density at radius 3 is 2.41 bits per heavy atom. The average molecular weight is 364 g/mol. The number of hydrogen-bond acceptors (Lipinski definition) is 5. The van der Waals surface area contributed by atoms with Crippen LogP contribution in [0.5, 0.6) is 0 Å². The predicted molar refractivity (Wildman–Crippen MR) is 104 cm³/mol. The van der Waals surface area contributed by atoms with Gasteiger partial charge in [0.15, 0.2) is 5.82 Å². The van der Waals surface area contributed by atoms with Crippen LogP contribution in [-0.4, -0.2) is 30.6 Å². The van der Waals surface area contributed by atoms with Gasteiger partial charge in [-0.2, -0.15) is 5.10 Å². The molecule has 0 saturated heterocycles. The molecular formula is C20H24N6O. The van der Waals surface area contributed by atoms with Gasteiger partial charge in [-0.1, -0.05) is 0 Å². The van der Waals surface area contributed by atoms with Crippen molar-refractivity contribution in [3.63, 3.8) is 0 Å². The van der Waals surface area contributed by atoms with Gasteiger partial charge in [0.2, 0.25) is 0 Å². The summed E-state index contributed by atoms with van der Waals surface area (Å²) in [5.74, 6) is 0.692. The van der Waals surface area contributed by atoms with E-state index in [1.54, 1.807) is 33.9 Å². The first-order valence-electron chi connectivity index (χ1n) is 9.40. The summed E-state index contributed by atoms with van der Waals surface area (Å²) < 4.78 is 3.44. The number of aryl methyl sites for hydroxylation is 2. The van der Waals surface area contributed by atoms with Crippen molar-refractivity contribution >= 4 is 5.69 Å². The Balaban J connectivity index is 1.49. The number of nitrogens with one attached hydrogen (secondary N) is 1. The Bertz CT molecular complexity index is 970. The highest BCUT2D eigenvalue weighted by atomic mass is 16.1. The molecule has 0 amide bonds. The lowest BCUT2D eigenvalue weighted by Crippen LogP contribution is -2.33. The Morgan fingerprint density at radius 2 is 1.74 bits per heavy atom. The molecule has 3 aromatic rings. The van der Waals surface area contributed by atoms with E-state index in [2.05, 4.69) is 20.5 Å². The van der Waals surface area contributed by atoms with E-state index < -0.39 is 0 Å². The van der Waals surface area contributed by atoms with Crippen LogP contribution in [0.1, 0.15) is 43.1 Å². The number of rotatable bonds is 4. The van der Waals surface area contributed by atoms with Crippen LogP contribution in [0, 0.1) is 13.8 Å². The smallest absolute Gasteiger partial charge is 0.267 e. The molecule has 4 rings (SSSR count). The maximum Gasteiger partial charge on any atom is 0.267 e. The van der Waals surface area contributed by atoms with Crippen LogP contribution in [0.25, 0.3) is 5.82 Å². The minimum Gasteiger partial charge on any atom is -0.382 e. The van der Waals surface area contributed by atoms with E-state index in [9.17, 15) is 4.79 Å². The first-order chi connectivity index (χ1) is 13.1. The first kappa shape index (κ1) is 17.5. The lowest BCUT2D eigenvalue weighted by molar-refractivity contribution is 0.303. The highest BCUT2D eigenvalue weighted by Gasteiger charge is 2.24. The van der Waals surface area contributed by atoms with Gasteiger partial charge in [-0.15, -0.1) is 5.10 Å². The van der Waals surface area contributed by atoms with E-state index >= 15 is 0 Å². The Kier molecular flexibility index (Phi) is 4.75. The van der Waals surface area contributed by atoms with E-state index in [0.717, 1.165) is 42.8 Å². The maximum absolute atomic E-state index is 12.4. The van der Waals surface area contributed by atoms with Crippen LogP contribution >= 0.6 is 0 Å². The summed E-state index contributed by atoms with van der Waals surface area (Å²) in [6.07, 6.45) is 7.45. The maximum atomic E-state index is 12.4. The molecular weight excluding hydrogens is 340 g/mol. The summed E-state index contributed by atoms with van der Waals surface area (Å²) >= 11 is 0. The monoisotopic (exact) mass is 364 g/mol. The number of anilines is 1. The van der Waals surface area contributed by atoms with Gasteiger partial charge in [-0.3, -0.25) is 9.78 Å². The molecule has 27 heavy (non-hydrogen) atoms. The molecule has 0 spiro atoms. The molecule has 0 aromatic carbocycles. The van der Waals surface area contributed by atoms with Crippen molar-refractivity contribution in [2.45, 2.75) is 51.6 Å². The molecule has 3 aromatic heterocycles. The third-order valence-corrected chi connectivity index (χ3v) is 5.13. The summed E-state index contributed by atoms with van der Waals surface area (Å²) in [4.78, 5) is 16.5. The Labute approximate surface area is 158 Å². The lowest BCUT2D eigenvalue weighted by Gasteiger charge is -2.30. The second-order valence-electron chi connectivity index (χ2n) is 7.20. The normalized spacial score (nSPS) is 19.8. The Hall–Kier alpha value is -2.96. The molecule has 140 valence electrons. The molecule has 0 unspecified atom stereocenters. The van der Waals surface area contributed by atoms with Crippen molar-refractivity contribution in [2.24, 2.45) is 0 Å². The van der Waals surface area contributed by atoms with Gasteiger partial charge in [0.05, 0.1) is 11.7 Å². The Morgan fingerprint density at radius 1 is 1.00 bits per heavy atom. The highest BCUT2D eigenvalue weighted by molar-refractivity contribution is 5.41. The largest absolute Gasteiger partial charge is 0.382 e. The van der Waals surface area contributed by atoms with Gasteiger partial charge in [0.1, 0.15) is 0 Å². The lowest BCUT2D eigenvalue weighted by atomic mass is 9.91. The SMILES string of the molecule is Cc1cc(C)n(-c2ccc(=O)n(C3CCC(Nc4ccncc4)CC3)n2)n1. The van der Waals surface area contributed by atoms with Crippen molar-refractivity contribution in [1.82, 2.24) is 24.5 Å². The standard InChI is InChI=1S/C20H24N6O/c1-14-13-15(2)25(23-14)19-7-8-20(27)26(24-19)18-5-3-16(4-6-18)22-17-9-11-21-12-10-17/h7-13,16,18H,3-6H2,1-2H3,(H,21,22). The van der Waals surface area contributed by atoms with Crippen molar-refractivity contribution < 1.29 is 0 Å². The molecule has 7 nitrogen and oxygen atoms in total. The van der Waals surface area contributed by atoms with Crippen molar-refractivity contribution in [2.75, 3.05) is 5.32 Å². The predicted octanol–water partition coefficient (Wildman–Crippen LogP) is 3.04. The van der Waals surface area contributed by atoms with Crippen molar-refractivity contribution in [3.05, 3.63) is 64.5 Å². The average Bonchev–Trinajstić information content (AvgIpc) is 3.02. The number of pyridine rings is 1. The second-order valence-corrected chi connectivity index (χ2v) is 7.20. The zero-order valence-electron chi connectivity index (χ0n) is 15.7. The van der Waals surface area contributed by atoms with Crippen LogP contribution in [0.2, 0.25) is 0 Å². The molecule has 1 N–H and O–H groups in total. The van der Waals surface area contributed by atoms with Crippen LogP contribution < -0.4 is 10.9 Å². The van der Waals surface area contributed by atoms with Crippen LogP contribution in [-0.2, 0) is 0 Å². The number of nitrogens with zero attached hydrogens (tertiary/aromatic N) is 5. The molecule has 0 atom stereocenters. The summed E-state index contributed by atoms with van der Waals surface area (Å²) in [5.41, 5.74) is 2.99. The molecule has 7 heteroatoms.